The quantitative estimate of drug-likeness (QED) is 0.693. The van der Waals surface area contributed by atoms with Crippen LogP contribution in [0.2, 0.25) is 0 Å². The SMILES string of the molecule is Cn1ncc(Cc2ccccc2)c1CCc1ccccc1. The molecule has 0 saturated carbocycles. The summed E-state index contributed by atoms with van der Waals surface area (Å²) in [5, 5.41) is 4.44. The number of hydrogen-bond donors (Lipinski definition) is 0. The molecule has 0 aliphatic heterocycles. The lowest BCUT2D eigenvalue weighted by Crippen LogP contribution is -2.03. The highest BCUT2D eigenvalue weighted by molar-refractivity contribution is 5.28. The van der Waals surface area contributed by atoms with Crippen LogP contribution in [0.15, 0.2) is 66.9 Å². The van der Waals surface area contributed by atoms with Crippen molar-refractivity contribution in [3.05, 3.63) is 89.2 Å². The Labute approximate surface area is 126 Å². The molecule has 0 N–H and O–H groups in total. The Kier molecular flexibility index (Phi) is 4.15. The molecule has 2 nitrogen and oxygen atoms in total. The molecule has 0 unspecified atom stereocenters. The molecule has 3 aromatic rings. The molecule has 0 aliphatic carbocycles. The van der Waals surface area contributed by atoms with Crippen molar-refractivity contribution < 1.29 is 0 Å². The fourth-order valence-corrected chi connectivity index (χ4v) is 2.70. The van der Waals surface area contributed by atoms with Crippen LogP contribution in [0.1, 0.15) is 22.4 Å². The molecule has 0 spiro atoms. The second-order valence-corrected chi connectivity index (χ2v) is 5.39. The third-order valence-corrected chi connectivity index (χ3v) is 3.88. The van der Waals surface area contributed by atoms with Gasteiger partial charge in [0, 0.05) is 19.2 Å². The molecular weight excluding hydrogens is 256 g/mol. The van der Waals surface area contributed by atoms with E-state index in [1.54, 1.807) is 0 Å². The minimum Gasteiger partial charge on any atom is -0.272 e. The van der Waals surface area contributed by atoms with E-state index in [0.29, 0.717) is 0 Å². The van der Waals surface area contributed by atoms with E-state index in [1.807, 2.05) is 17.9 Å². The Morgan fingerprint density at radius 2 is 1.43 bits per heavy atom. The van der Waals surface area contributed by atoms with Crippen LogP contribution < -0.4 is 0 Å². The van der Waals surface area contributed by atoms with Crippen molar-refractivity contribution in [2.24, 2.45) is 7.05 Å². The smallest absolute Gasteiger partial charge is 0.0527 e. The van der Waals surface area contributed by atoms with Gasteiger partial charge in [-0.25, -0.2) is 0 Å². The first-order chi connectivity index (χ1) is 10.3. The lowest BCUT2D eigenvalue weighted by atomic mass is 10.0. The van der Waals surface area contributed by atoms with Gasteiger partial charge in [-0.3, -0.25) is 4.68 Å². The van der Waals surface area contributed by atoms with Crippen molar-refractivity contribution in [3.8, 4) is 0 Å². The Balaban J connectivity index is 1.74. The van der Waals surface area contributed by atoms with Gasteiger partial charge >= 0.3 is 0 Å². The van der Waals surface area contributed by atoms with Crippen LogP contribution in [-0.4, -0.2) is 9.78 Å². The summed E-state index contributed by atoms with van der Waals surface area (Å²) in [5.74, 6) is 0. The number of aryl methyl sites for hydroxylation is 2. The Hall–Kier alpha value is -2.35. The third-order valence-electron chi connectivity index (χ3n) is 3.88. The molecule has 106 valence electrons. The zero-order valence-corrected chi connectivity index (χ0v) is 12.4. The zero-order chi connectivity index (χ0) is 14.5. The Morgan fingerprint density at radius 3 is 2.10 bits per heavy atom. The standard InChI is InChI=1S/C19H20N2/c1-21-19(13-12-16-8-4-2-5-9-16)18(15-20-21)14-17-10-6-3-7-11-17/h2-11,15H,12-14H2,1H3. The first-order valence-electron chi connectivity index (χ1n) is 7.40. The minimum atomic E-state index is 0.957. The van der Waals surface area contributed by atoms with E-state index in [-0.39, 0.29) is 0 Å². The monoisotopic (exact) mass is 276 g/mol. The van der Waals surface area contributed by atoms with Crippen LogP contribution in [-0.2, 0) is 26.3 Å². The molecule has 0 radical (unpaired) electrons. The molecule has 1 aromatic heterocycles. The summed E-state index contributed by atoms with van der Waals surface area (Å²) in [4.78, 5) is 0. The summed E-state index contributed by atoms with van der Waals surface area (Å²) < 4.78 is 2.02. The van der Waals surface area contributed by atoms with Gasteiger partial charge in [-0.1, -0.05) is 60.7 Å². The van der Waals surface area contributed by atoms with Crippen LogP contribution in [0.25, 0.3) is 0 Å². The van der Waals surface area contributed by atoms with E-state index < -0.39 is 0 Å². The second kappa shape index (κ2) is 6.40. The molecule has 1 heterocycles. The number of aromatic nitrogens is 2. The van der Waals surface area contributed by atoms with Crippen LogP contribution >= 0.6 is 0 Å². The van der Waals surface area contributed by atoms with Gasteiger partial charge in [-0.15, -0.1) is 0 Å². The molecule has 0 saturated heterocycles. The van der Waals surface area contributed by atoms with Gasteiger partial charge < -0.3 is 0 Å². The van der Waals surface area contributed by atoms with E-state index in [2.05, 4.69) is 65.8 Å². The highest BCUT2D eigenvalue weighted by atomic mass is 15.3. The second-order valence-electron chi connectivity index (χ2n) is 5.39. The van der Waals surface area contributed by atoms with Gasteiger partial charge in [0.2, 0.25) is 0 Å². The van der Waals surface area contributed by atoms with Crippen molar-refractivity contribution in [1.82, 2.24) is 9.78 Å². The Bertz CT molecular complexity index is 684. The van der Waals surface area contributed by atoms with E-state index in [1.165, 1.54) is 22.4 Å². The summed E-state index contributed by atoms with van der Waals surface area (Å²) in [6, 6.07) is 21.2. The predicted molar refractivity (Wildman–Crippen MR) is 86.3 cm³/mol. The fourth-order valence-electron chi connectivity index (χ4n) is 2.70. The van der Waals surface area contributed by atoms with Crippen molar-refractivity contribution >= 4 is 0 Å². The van der Waals surface area contributed by atoms with Gasteiger partial charge in [0.25, 0.3) is 0 Å². The number of nitrogens with zero attached hydrogens (tertiary/aromatic N) is 2. The third kappa shape index (κ3) is 3.40. The van der Waals surface area contributed by atoms with Crippen LogP contribution in [0.5, 0.6) is 0 Å². The lowest BCUT2D eigenvalue weighted by molar-refractivity contribution is 0.700. The minimum absolute atomic E-state index is 0.957. The summed E-state index contributed by atoms with van der Waals surface area (Å²) >= 11 is 0. The van der Waals surface area contributed by atoms with E-state index in [9.17, 15) is 0 Å². The van der Waals surface area contributed by atoms with Crippen molar-refractivity contribution in [2.45, 2.75) is 19.3 Å². The first kappa shape index (κ1) is 13.6. The summed E-state index contributed by atoms with van der Waals surface area (Å²) in [6.07, 6.45) is 5.05. The van der Waals surface area contributed by atoms with Gasteiger partial charge in [0.1, 0.15) is 0 Å². The zero-order valence-electron chi connectivity index (χ0n) is 12.4. The molecule has 2 aromatic carbocycles. The average Bonchev–Trinajstić information content (AvgIpc) is 2.87. The summed E-state index contributed by atoms with van der Waals surface area (Å²) in [6.45, 7) is 0. The topological polar surface area (TPSA) is 17.8 Å². The highest BCUT2D eigenvalue weighted by Crippen LogP contribution is 2.16. The maximum absolute atomic E-state index is 4.44. The van der Waals surface area contributed by atoms with Crippen LogP contribution in [0, 0.1) is 0 Å². The molecule has 3 rings (SSSR count). The molecule has 2 heteroatoms. The highest BCUT2D eigenvalue weighted by Gasteiger charge is 2.09. The molecule has 0 bridgehead atoms. The van der Waals surface area contributed by atoms with Gasteiger partial charge in [-0.05, 0) is 29.5 Å². The molecule has 21 heavy (non-hydrogen) atoms. The van der Waals surface area contributed by atoms with Crippen LogP contribution in [0.3, 0.4) is 0 Å². The van der Waals surface area contributed by atoms with Crippen molar-refractivity contribution in [3.63, 3.8) is 0 Å². The maximum Gasteiger partial charge on any atom is 0.0527 e. The molecule has 0 aliphatic rings. The summed E-state index contributed by atoms with van der Waals surface area (Å²) in [5.41, 5.74) is 5.39. The molecule has 0 atom stereocenters. The van der Waals surface area contributed by atoms with E-state index in [0.717, 1.165) is 19.3 Å². The van der Waals surface area contributed by atoms with E-state index >= 15 is 0 Å². The number of benzene rings is 2. The van der Waals surface area contributed by atoms with Gasteiger partial charge in [0.15, 0.2) is 0 Å². The normalized spacial score (nSPS) is 10.7. The van der Waals surface area contributed by atoms with E-state index in [4.69, 9.17) is 0 Å². The molecular formula is C19H20N2. The summed E-state index contributed by atoms with van der Waals surface area (Å²) in [7, 11) is 2.04. The molecule has 0 amide bonds. The van der Waals surface area contributed by atoms with Gasteiger partial charge in [0.05, 0.1) is 6.20 Å². The van der Waals surface area contributed by atoms with Crippen molar-refractivity contribution in [1.29, 1.82) is 0 Å². The lowest BCUT2D eigenvalue weighted by Gasteiger charge is -2.07. The average molecular weight is 276 g/mol. The van der Waals surface area contributed by atoms with Crippen molar-refractivity contribution in [2.75, 3.05) is 0 Å². The Morgan fingerprint density at radius 1 is 0.810 bits per heavy atom. The van der Waals surface area contributed by atoms with Gasteiger partial charge in [-0.2, -0.15) is 5.10 Å². The predicted octanol–water partition coefficient (Wildman–Crippen LogP) is 3.80. The fraction of sp³-hybridized carbons (Fsp3) is 0.211. The number of hydrogen-bond acceptors (Lipinski definition) is 1. The molecule has 0 fully saturated rings. The number of rotatable bonds is 5. The maximum atomic E-state index is 4.44. The van der Waals surface area contributed by atoms with Crippen LogP contribution in [0.4, 0.5) is 0 Å². The largest absolute Gasteiger partial charge is 0.272 e. The first-order valence-corrected chi connectivity index (χ1v) is 7.40.